The Labute approximate surface area is 119 Å². The third-order valence-electron chi connectivity index (χ3n) is 3.13. The molecule has 2 rings (SSSR count). The molecule has 0 spiro atoms. The largest absolute Gasteiger partial charge is 0.398 e. The zero-order valence-electron chi connectivity index (χ0n) is 11.1. The van der Waals surface area contributed by atoms with Crippen LogP contribution in [0.15, 0.2) is 48.5 Å². The van der Waals surface area contributed by atoms with E-state index in [0.717, 1.165) is 29.2 Å². The Kier molecular flexibility index (Phi) is 4.83. The first-order chi connectivity index (χ1) is 9.15. The number of nitrogens with two attached hydrogens (primary N) is 1. The van der Waals surface area contributed by atoms with E-state index in [1.807, 2.05) is 36.4 Å². The predicted octanol–water partition coefficient (Wildman–Crippen LogP) is 3.64. The summed E-state index contributed by atoms with van der Waals surface area (Å²) in [6, 6.07) is 16.3. The molecule has 0 aliphatic rings. The fourth-order valence-corrected chi connectivity index (χ4v) is 2.28. The highest BCUT2D eigenvalue weighted by Gasteiger charge is 2.05. The molecule has 0 heterocycles. The summed E-state index contributed by atoms with van der Waals surface area (Å²) in [4.78, 5) is 0. The van der Waals surface area contributed by atoms with E-state index in [0.29, 0.717) is 6.04 Å². The molecule has 3 heteroatoms. The molecule has 0 bridgehead atoms. The minimum absolute atomic E-state index is 0.373. The van der Waals surface area contributed by atoms with Crippen LogP contribution in [0.25, 0.3) is 0 Å². The van der Waals surface area contributed by atoms with E-state index in [9.17, 15) is 0 Å². The number of nitrogen functional groups attached to an aromatic ring is 1. The second-order valence-electron chi connectivity index (χ2n) is 4.81. The van der Waals surface area contributed by atoms with E-state index in [2.05, 4.69) is 24.4 Å². The third-order valence-corrected chi connectivity index (χ3v) is 3.36. The van der Waals surface area contributed by atoms with Gasteiger partial charge >= 0.3 is 0 Å². The maximum absolute atomic E-state index is 5.99. The minimum atomic E-state index is 0.373. The molecule has 2 nitrogen and oxygen atoms in total. The lowest BCUT2D eigenvalue weighted by Crippen LogP contribution is -2.27. The second-order valence-corrected chi connectivity index (χ2v) is 5.25. The van der Waals surface area contributed by atoms with Crippen LogP contribution in [0.5, 0.6) is 0 Å². The standard InChI is InChI=1S/C16H19ClN2/c1-12(9-13-5-4-7-15(17)10-13)19-11-14-6-2-3-8-16(14)18/h2-8,10,12,19H,9,11,18H2,1H3. The van der Waals surface area contributed by atoms with Crippen molar-refractivity contribution in [3.8, 4) is 0 Å². The number of hydrogen-bond donors (Lipinski definition) is 2. The monoisotopic (exact) mass is 274 g/mol. The summed E-state index contributed by atoms with van der Waals surface area (Å²) in [6.45, 7) is 2.95. The van der Waals surface area contributed by atoms with Gasteiger partial charge in [0.25, 0.3) is 0 Å². The average Bonchev–Trinajstić information content (AvgIpc) is 2.38. The van der Waals surface area contributed by atoms with Gasteiger partial charge in [0, 0.05) is 23.3 Å². The molecule has 2 aromatic rings. The number of para-hydroxylation sites is 1. The molecule has 0 saturated heterocycles. The van der Waals surface area contributed by atoms with Gasteiger partial charge in [-0.1, -0.05) is 41.9 Å². The lowest BCUT2D eigenvalue weighted by molar-refractivity contribution is 0.546. The highest BCUT2D eigenvalue weighted by molar-refractivity contribution is 6.30. The summed E-state index contributed by atoms with van der Waals surface area (Å²) in [5, 5.41) is 4.27. The van der Waals surface area contributed by atoms with Crippen molar-refractivity contribution in [2.24, 2.45) is 0 Å². The number of rotatable bonds is 5. The Hall–Kier alpha value is -1.51. The molecule has 0 aliphatic carbocycles. The SMILES string of the molecule is CC(Cc1cccc(Cl)c1)NCc1ccccc1N. The van der Waals surface area contributed by atoms with Crippen LogP contribution < -0.4 is 11.1 Å². The molecule has 3 N–H and O–H groups in total. The summed E-state index contributed by atoms with van der Waals surface area (Å²) >= 11 is 5.99. The van der Waals surface area contributed by atoms with Crippen molar-refractivity contribution in [2.45, 2.75) is 25.9 Å². The summed E-state index contributed by atoms with van der Waals surface area (Å²) in [5.74, 6) is 0. The van der Waals surface area contributed by atoms with Gasteiger partial charge in [0.2, 0.25) is 0 Å². The van der Waals surface area contributed by atoms with Crippen molar-refractivity contribution in [1.29, 1.82) is 0 Å². The van der Waals surface area contributed by atoms with Crippen LogP contribution in [0.2, 0.25) is 5.02 Å². The lowest BCUT2D eigenvalue weighted by atomic mass is 10.1. The van der Waals surface area contributed by atoms with E-state index >= 15 is 0 Å². The highest BCUT2D eigenvalue weighted by Crippen LogP contribution is 2.13. The highest BCUT2D eigenvalue weighted by atomic mass is 35.5. The van der Waals surface area contributed by atoms with Gasteiger partial charge in [-0.25, -0.2) is 0 Å². The Morgan fingerprint density at radius 1 is 1.16 bits per heavy atom. The van der Waals surface area contributed by atoms with Crippen molar-refractivity contribution in [1.82, 2.24) is 5.32 Å². The molecule has 0 fully saturated rings. The minimum Gasteiger partial charge on any atom is -0.398 e. The first kappa shape index (κ1) is 13.9. The van der Waals surface area contributed by atoms with Crippen LogP contribution >= 0.6 is 11.6 Å². The molecule has 0 aromatic heterocycles. The molecule has 2 aromatic carbocycles. The number of hydrogen-bond acceptors (Lipinski definition) is 2. The molecular formula is C16H19ClN2. The van der Waals surface area contributed by atoms with Gasteiger partial charge < -0.3 is 11.1 Å². The van der Waals surface area contributed by atoms with Crippen LogP contribution in [-0.4, -0.2) is 6.04 Å². The van der Waals surface area contributed by atoms with Crippen LogP contribution in [0, 0.1) is 0 Å². The molecule has 0 radical (unpaired) electrons. The molecular weight excluding hydrogens is 256 g/mol. The molecule has 100 valence electrons. The normalized spacial score (nSPS) is 12.3. The van der Waals surface area contributed by atoms with Gasteiger partial charge in [0.15, 0.2) is 0 Å². The van der Waals surface area contributed by atoms with E-state index in [4.69, 9.17) is 17.3 Å². The fraction of sp³-hybridized carbons (Fsp3) is 0.250. The van der Waals surface area contributed by atoms with Gasteiger partial charge in [0.05, 0.1) is 0 Å². The van der Waals surface area contributed by atoms with Crippen molar-refractivity contribution in [3.05, 3.63) is 64.7 Å². The van der Waals surface area contributed by atoms with E-state index in [1.165, 1.54) is 5.56 Å². The molecule has 1 atom stereocenters. The van der Waals surface area contributed by atoms with Crippen LogP contribution in [0.4, 0.5) is 5.69 Å². The third kappa shape index (κ3) is 4.27. The van der Waals surface area contributed by atoms with E-state index in [-0.39, 0.29) is 0 Å². The van der Waals surface area contributed by atoms with E-state index in [1.54, 1.807) is 0 Å². The topological polar surface area (TPSA) is 38.0 Å². The van der Waals surface area contributed by atoms with E-state index < -0.39 is 0 Å². The Morgan fingerprint density at radius 2 is 1.95 bits per heavy atom. The molecule has 0 saturated carbocycles. The summed E-state index contributed by atoms with van der Waals surface area (Å²) in [7, 11) is 0. The quantitative estimate of drug-likeness (QED) is 0.817. The number of nitrogens with one attached hydrogen (secondary N) is 1. The van der Waals surface area contributed by atoms with Crippen molar-refractivity contribution in [3.63, 3.8) is 0 Å². The predicted molar refractivity (Wildman–Crippen MR) is 82.3 cm³/mol. The van der Waals surface area contributed by atoms with Crippen LogP contribution in [0.1, 0.15) is 18.1 Å². The van der Waals surface area contributed by atoms with Gasteiger partial charge in [-0.15, -0.1) is 0 Å². The number of anilines is 1. The van der Waals surface area contributed by atoms with Crippen LogP contribution in [0.3, 0.4) is 0 Å². The molecule has 0 amide bonds. The van der Waals surface area contributed by atoms with Crippen molar-refractivity contribution in [2.75, 3.05) is 5.73 Å². The van der Waals surface area contributed by atoms with Crippen molar-refractivity contribution < 1.29 is 0 Å². The zero-order valence-corrected chi connectivity index (χ0v) is 11.8. The van der Waals surface area contributed by atoms with Gasteiger partial charge in [-0.2, -0.15) is 0 Å². The molecule has 1 unspecified atom stereocenters. The molecule has 19 heavy (non-hydrogen) atoms. The smallest absolute Gasteiger partial charge is 0.0408 e. The Balaban J connectivity index is 1.88. The fourth-order valence-electron chi connectivity index (χ4n) is 2.07. The van der Waals surface area contributed by atoms with Gasteiger partial charge in [0.1, 0.15) is 0 Å². The maximum atomic E-state index is 5.99. The summed E-state index contributed by atoms with van der Waals surface area (Å²) in [5.41, 5.74) is 9.14. The first-order valence-corrected chi connectivity index (χ1v) is 6.84. The van der Waals surface area contributed by atoms with Gasteiger partial charge in [-0.3, -0.25) is 0 Å². The second kappa shape index (κ2) is 6.60. The van der Waals surface area contributed by atoms with Gasteiger partial charge in [-0.05, 0) is 42.7 Å². The number of halogens is 1. The number of benzene rings is 2. The summed E-state index contributed by atoms with van der Waals surface area (Å²) < 4.78 is 0. The zero-order chi connectivity index (χ0) is 13.7. The average molecular weight is 275 g/mol. The first-order valence-electron chi connectivity index (χ1n) is 6.46. The Morgan fingerprint density at radius 3 is 2.68 bits per heavy atom. The van der Waals surface area contributed by atoms with Crippen LogP contribution in [-0.2, 0) is 13.0 Å². The van der Waals surface area contributed by atoms with Crippen molar-refractivity contribution >= 4 is 17.3 Å². The maximum Gasteiger partial charge on any atom is 0.0408 e. The molecule has 0 aliphatic heterocycles. The summed E-state index contributed by atoms with van der Waals surface area (Å²) in [6.07, 6.45) is 0.952. The Bertz CT molecular complexity index is 540. The lowest BCUT2D eigenvalue weighted by Gasteiger charge is -2.15.